The number of fused-ring (bicyclic) bond motifs is 3. The molecular formula is C21H26O3. The van der Waals surface area contributed by atoms with Gasteiger partial charge in [-0.05, 0) is 78.5 Å². The summed E-state index contributed by atoms with van der Waals surface area (Å²) >= 11 is 0. The molecule has 2 unspecified atom stereocenters. The van der Waals surface area contributed by atoms with Crippen molar-refractivity contribution in [2.75, 3.05) is 6.61 Å². The number of carbonyl (C=O) groups is 1. The third kappa shape index (κ3) is 2.25. The maximum Gasteiger partial charge on any atom is 0.178 e. The lowest BCUT2D eigenvalue weighted by Gasteiger charge is -2.41. The van der Waals surface area contributed by atoms with Crippen LogP contribution >= 0.6 is 0 Å². The minimum Gasteiger partial charge on any atom is -0.493 e. The monoisotopic (exact) mass is 326 g/mol. The molecule has 0 saturated heterocycles. The molecule has 3 nitrogen and oxygen atoms in total. The highest BCUT2D eigenvalue weighted by atomic mass is 16.5. The van der Waals surface area contributed by atoms with Gasteiger partial charge in [0.15, 0.2) is 5.78 Å². The van der Waals surface area contributed by atoms with Crippen LogP contribution in [0.3, 0.4) is 0 Å². The Bertz CT molecular complexity index is 732. The zero-order chi connectivity index (χ0) is 17.1. The topological polar surface area (TPSA) is 46.5 Å². The Morgan fingerprint density at radius 3 is 2.88 bits per heavy atom. The zero-order valence-electron chi connectivity index (χ0n) is 14.8. The molecule has 3 heteroatoms. The van der Waals surface area contributed by atoms with E-state index in [1.54, 1.807) is 12.2 Å². The zero-order valence-corrected chi connectivity index (χ0v) is 14.8. The maximum atomic E-state index is 12.1. The van der Waals surface area contributed by atoms with Crippen molar-refractivity contribution < 1.29 is 14.6 Å². The average molecular weight is 326 g/mol. The summed E-state index contributed by atoms with van der Waals surface area (Å²) in [4.78, 5) is 12.1. The summed E-state index contributed by atoms with van der Waals surface area (Å²) in [5, 5.41) is 11.3. The summed E-state index contributed by atoms with van der Waals surface area (Å²) in [7, 11) is 0. The quantitative estimate of drug-likeness (QED) is 0.732. The SMILES string of the molecule is CC1CCC2(O)C=CC(=O)C=C2C2=C1COC1=C2CCCC1(C)C. The lowest BCUT2D eigenvalue weighted by Crippen LogP contribution is -2.34. The van der Waals surface area contributed by atoms with Gasteiger partial charge in [-0.15, -0.1) is 0 Å². The number of hydrogen-bond donors (Lipinski definition) is 1. The fraction of sp³-hybridized carbons (Fsp3) is 0.571. The van der Waals surface area contributed by atoms with E-state index in [4.69, 9.17) is 4.74 Å². The van der Waals surface area contributed by atoms with Crippen LogP contribution in [0.2, 0.25) is 0 Å². The van der Waals surface area contributed by atoms with E-state index in [0.717, 1.165) is 42.6 Å². The summed E-state index contributed by atoms with van der Waals surface area (Å²) in [5.41, 5.74) is 3.44. The molecule has 4 aliphatic rings. The molecule has 0 radical (unpaired) electrons. The molecule has 3 aliphatic carbocycles. The second kappa shape index (κ2) is 5.19. The number of carbonyl (C=O) groups excluding carboxylic acids is 1. The molecule has 0 amide bonds. The van der Waals surface area contributed by atoms with Gasteiger partial charge >= 0.3 is 0 Å². The van der Waals surface area contributed by atoms with E-state index in [-0.39, 0.29) is 11.2 Å². The van der Waals surface area contributed by atoms with Crippen molar-refractivity contribution in [1.82, 2.24) is 0 Å². The molecule has 0 saturated carbocycles. The van der Waals surface area contributed by atoms with Gasteiger partial charge in [0, 0.05) is 5.41 Å². The largest absolute Gasteiger partial charge is 0.493 e. The molecule has 0 aromatic heterocycles. The van der Waals surface area contributed by atoms with Gasteiger partial charge in [0.05, 0.1) is 0 Å². The number of rotatable bonds is 0. The molecule has 0 fully saturated rings. The van der Waals surface area contributed by atoms with Crippen LogP contribution in [0.25, 0.3) is 0 Å². The second-order valence-electron chi connectivity index (χ2n) is 8.39. The third-order valence-corrected chi connectivity index (χ3v) is 6.21. The summed E-state index contributed by atoms with van der Waals surface area (Å²) in [6.07, 6.45) is 9.64. The molecule has 0 spiro atoms. The van der Waals surface area contributed by atoms with Crippen LogP contribution in [0.1, 0.15) is 52.9 Å². The Morgan fingerprint density at radius 1 is 1.29 bits per heavy atom. The van der Waals surface area contributed by atoms with Crippen molar-refractivity contribution in [3.05, 3.63) is 46.3 Å². The molecule has 128 valence electrons. The Hall–Kier alpha value is -1.61. The summed E-state index contributed by atoms with van der Waals surface area (Å²) < 4.78 is 6.24. The standard InChI is InChI=1S/C21H26O3/c1-13-6-9-21(23)10-7-14(22)11-17(21)18-15-5-4-8-20(2,3)19(15)24-12-16(13)18/h7,10-11,13,23H,4-6,8-9,12H2,1-3H3. The first-order chi connectivity index (χ1) is 11.3. The first-order valence-electron chi connectivity index (χ1n) is 9.10. The van der Waals surface area contributed by atoms with Crippen LogP contribution in [0, 0.1) is 11.3 Å². The van der Waals surface area contributed by atoms with E-state index in [1.807, 2.05) is 0 Å². The van der Waals surface area contributed by atoms with Crippen LogP contribution in [0.5, 0.6) is 0 Å². The predicted molar refractivity (Wildman–Crippen MR) is 93.2 cm³/mol. The smallest absolute Gasteiger partial charge is 0.178 e. The van der Waals surface area contributed by atoms with Crippen molar-refractivity contribution in [3.8, 4) is 0 Å². The number of allylic oxidation sites excluding steroid dienone is 4. The van der Waals surface area contributed by atoms with E-state index < -0.39 is 5.60 Å². The van der Waals surface area contributed by atoms with Gasteiger partial charge in [0.1, 0.15) is 18.0 Å². The lowest BCUT2D eigenvalue weighted by atomic mass is 9.70. The molecule has 1 aliphatic heterocycles. The van der Waals surface area contributed by atoms with Crippen LogP contribution in [0.4, 0.5) is 0 Å². The Balaban J connectivity index is 1.96. The Morgan fingerprint density at radius 2 is 2.08 bits per heavy atom. The summed E-state index contributed by atoms with van der Waals surface area (Å²) in [5.74, 6) is 1.41. The molecule has 1 heterocycles. The second-order valence-corrected chi connectivity index (χ2v) is 8.39. The lowest BCUT2D eigenvalue weighted by molar-refractivity contribution is -0.110. The Kier molecular flexibility index (Phi) is 3.44. The van der Waals surface area contributed by atoms with Crippen molar-refractivity contribution in [2.45, 2.75) is 58.5 Å². The predicted octanol–water partition coefficient (Wildman–Crippen LogP) is 4.00. The minimum atomic E-state index is -1.02. The summed E-state index contributed by atoms with van der Waals surface area (Å²) in [6.45, 7) is 7.27. The van der Waals surface area contributed by atoms with E-state index in [1.165, 1.54) is 17.2 Å². The van der Waals surface area contributed by atoms with Gasteiger partial charge in [0.25, 0.3) is 0 Å². The number of ketones is 1. The van der Waals surface area contributed by atoms with Crippen LogP contribution < -0.4 is 0 Å². The van der Waals surface area contributed by atoms with Gasteiger partial charge in [-0.1, -0.05) is 20.8 Å². The molecule has 1 N–H and O–H groups in total. The van der Waals surface area contributed by atoms with Crippen molar-refractivity contribution in [1.29, 1.82) is 0 Å². The van der Waals surface area contributed by atoms with E-state index in [0.29, 0.717) is 18.9 Å². The fourth-order valence-electron chi connectivity index (χ4n) is 4.75. The first-order valence-corrected chi connectivity index (χ1v) is 9.10. The van der Waals surface area contributed by atoms with E-state index in [9.17, 15) is 9.90 Å². The van der Waals surface area contributed by atoms with Gasteiger partial charge in [0.2, 0.25) is 0 Å². The molecule has 0 bridgehead atoms. The summed E-state index contributed by atoms with van der Waals surface area (Å²) in [6, 6.07) is 0. The molecule has 0 aromatic carbocycles. The highest BCUT2D eigenvalue weighted by Gasteiger charge is 2.44. The van der Waals surface area contributed by atoms with Crippen LogP contribution in [-0.2, 0) is 9.53 Å². The molecule has 0 aromatic rings. The van der Waals surface area contributed by atoms with E-state index in [2.05, 4.69) is 20.8 Å². The molecule has 4 rings (SSSR count). The van der Waals surface area contributed by atoms with Crippen molar-refractivity contribution in [3.63, 3.8) is 0 Å². The third-order valence-electron chi connectivity index (χ3n) is 6.21. The minimum absolute atomic E-state index is 0.0227. The van der Waals surface area contributed by atoms with E-state index >= 15 is 0 Å². The number of ether oxygens (including phenoxy) is 1. The van der Waals surface area contributed by atoms with Crippen molar-refractivity contribution in [2.24, 2.45) is 11.3 Å². The van der Waals surface area contributed by atoms with Crippen molar-refractivity contribution >= 4 is 5.78 Å². The fourth-order valence-corrected chi connectivity index (χ4v) is 4.75. The van der Waals surface area contributed by atoms with Gasteiger partial charge in [-0.3, -0.25) is 4.79 Å². The van der Waals surface area contributed by atoms with Gasteiger partial charge in [-0.25, -0.2) is 0 Å². The molecular weight excluding hydrogens is 300 g/mol. The highest BCUT2D eigenvalue weighted by Crippen LogP contribution is 2.52. The Labute approximate surface area is 143 Å². The van der Waals surface area contributed by atoms with Gasteiger partial charge in [-0.2, -0.15) is 0 Å². The van der Waals surface area contributed by atoms with Crippen LogP contribution in [-0.4, -0.2) is 23.1 Å². The van der Waals surface area contributed by atoms with Crippen LogP contribution in [0.15, 0.2) is 46.3 Å². The number of hydrogen-bond acceptors (Lipinski definition) is 3. The first kappa shape index (κ1) is 15.9. The normalized spacial score (nSPS) is 34.8. The highest BCUT2D eigenvalue weighted by molar-refractivity contribution is 6.02. The average Bonchev–Trinajstić information content (AvgIpc) is 2.64. The number of aliphatic hydroxyl groups is 1. The maximum absolute atomic E-state index is 12.1. The molecule has 24 heavy (non-hydrogen) atoms. The van der Waals surface area contributed by atoms with Gasteiger partial charge < -0.3 is 9.84 Å². The molecule has 2 atom stereocenters.